The second-order valence-electron chi connectivity index (χ2n) is 7.12. The van der Waals surface area contributed by atoms with Crippen molar-refractivity contribution in [1.82, 2.24) is 15.6 Å². The van der Waals surface area contributed by atoms with Crippen molar-refractivity contribution in [3.05, 3.63) is 65.2 Å². The van der Waals surface area contributed by atoms with Gasteiger partial charge in [0.1, 0.15) is 0 Å². The van der Waals surface area contributed by atoms with E-state index in [9.17, 15) is 4.79 Å². The Kier molecular flexibility index (Phi) is 6.24. The van der Waals surface area contributed by atoms with Crippen molar-refractivity contribution in [3.8, 4) is 0 Å². The van der Waals surface area contributed by atoms with Crippen molar-refractivity contribution in [2.24, 2.45) is 0 Å². The molecule has 4 nitrogen and oxygen atoms in total. The molecule has 1 heterocycles. The topological polar surface area (TPSA) is 54.0 Å². The lowest BCUT2D eigenvalue weighted by Crippen LogP contribution is -2.48. The highest BCUT2D eigenvalue weighted by molar-refractivity contribution is 7.18. The predicted molar refractivity (Wildman–Crippen MR) is 113 cm³/mol. The molecule has 0 spiro atoms. The number of rotatable bonds is 8. The zero-order valence-electron chi connectivity index (χ0n) is 16.2. The number of likely N-dealkylation sites (N-methyl/N-ethyl adjacent to an activating group) is 1. The van der Waals surface area contributed by atoms with Crippen molar-refractivity contribution in [3.63, 3.8) is 0 Å². The molecular formula is C22H27N3OS. The SMILES string of the molecule is CCN[C@H](C)CNC(=O)C(C)(Cc1nc2ccccc2s1)c1ccccc1. The predicted octanol–water partition coefficient (Wildman–Crippen LogP) is 3.91. The lowest BCUT2D eigenvalue weighted by Gasteiger charge is -2.29. The molecule has 3 aromatic rings. The van der Waals surface area contributed by atoms with E-state index >= 15 is 0 Å². The van der Waals surface area contributed by atoms with Gasteiger partial charge in [-0.1, -0.05) is 49.4 Å². The Morgan fingerprint density at radius 1 is 1.15 bits per heavy atom. The smallest absolute Gasteiger partial charge is 0.230 e. The lowest BCUT2D eigenvalue weighted by molar-refractivity contribution is -0.126. The minimum atomic E-state index is -0.666. The summed E-state index contributed by atoms with van der Waals surface area (Å²) >= 11 is 1.67. The molecular weight excluding hydrogens is 354 g/mol. The number of carbonyl (C=O) groups is 1. The summed E-state index contributed by atoms with van der Waals surface area (Å²) in [6.07, 6.45) is 0.581. The minimum Gasteiger partial charge on any atom is -0.354 e. The molecule has 27 heavy (non-hydrogen) atoms. The average molecular weight is 382 g/mol. The van der Waals surface area contributed by atoms with Crippen LogP contribution < -0.4 is 10.6 Å². The fourth-order valence-corrected chi connectivity index (χ4v) is 4.40. The van der Waals surface area contributed by atoms with Gasteiger partial charge in [0.2, 0.25) is 5.91 Å². The van der Waals surface area contributed by atoms with E-state index in [0.717, 1.165) is 27.3 Å². The Hall–Kier alpha value is -2.24. The van der Waals surface area contributed by atoms with Crippen LogP contribution in [-0.2, 0) is 16.6 Å². The Bertz CT molecular complexity index is 860. The van der Waals surface area contributed by atoms with Gasteiger partial charge in [-0.25, -0.2) is 4.98 Å². The van der Waals surface area contributed by atoms with E-state index in [1.54, 1.807) is 11.3 Å². The molecule has 0 fully saturated rings. The highest BCUT2D eigenvalue weighted by atomic mass is 32.1. The molecule has 2 N–H and O–H groups in total. The van der Waals surface area contributed by atoms with Crippen molar-refractivity contribution < 1.29 is 4.79 Å². The molecule has 0 aliphatic carbocycles. The van der Waals surface area contributed by atoms with Gasteiger partial charge in [-0.15, -0.1) is 11.3 Å². The molecule has 0 saturated carbocycles. The van der Waals surface area contributed by atoms with E-state index < -0.39 is 5.41 Å². The second kappa shape index (κ2) is 8.63. The molecule has 3 rings (SSSR count). The molecule has 2 atom stereocenters. The molecule has 0 aliphatic rings. The fraction of sp³-hybridized carbons (Fsp3) is 0.364. The van der Waals surface area contributed by atoms with Crippen LogP contribution in [0.25, 0.3) is 10.2 Å². The molecule has 1 aromatic heterocycles. The number of para-hydroxylation sites is 1. The summed E-state index contributed by atoms with van der Waals surface area (Å²) in [5.41, 5.74) is 1.34. The summed E-state index contributed by atoms with van der Waals surface area (Å²) in [5, 5.41) is 7.45. The molecule has 0 aliphatic heterocycles. The number of carbonyl (C=O) groups excluding carboxylic acids is 1. The average Bonchev–Trinajstić information content (AvgIpc) is 3.09. The number of nitrogens with zero attached hydrogens (tertiary/aromatic N) is 1. The van der Waals surface area contributed by atoms with Gasteiger partial charge in [-0.3, -0.25) is 4.79 Å². The van der Waals surface area contributed by atoms with Crippen LogP contribution >= 0.6 is 11.3 Å². The van der Waals surface area contributed by atoms with E-state index in [0.29, 0.717) is 13.0 Å². The van der Waals surface area contributed by atoms with Crippen LogP contribution in [0.2, 0.25) is 0 Å². The lowest BCUT2D eigenvalue weighted by atomic mass is 9.78. The normalized spacial score (nSPS) is 14.6. The summed E-state index contributed by atoms with van der Waals surface area (Å²) in [5.74, 6) is 0.0395. The van der Waals surface area contributed by atoms with Crippen LogP contribution in [0.3, 0.4) is 0 Å². The van der Waals surface area contributed by atoms with Crippen molar-refractivity contribution in [2.45, 2.75) is 38.6 Å². The maximum absolute atomic E-state index is 13.2. The minimum absolute atomic E-state index is 0.0395. The van der Waals surface area contributed by atoms with Gasteiger partial charge in [0.15, 0.2) is 0 Å². The Balaban J connectivity index is 1.87. The van der Waals surface area contributed by atoms with E-state index in [2.05, 4.69) is 30.5 Å². The molecule has 0 saturated heterocycles. The second-order valence-corrected chi connectivity index (χ2v) is 8.23. The maximum atomic E-state index is 13.2. The standard InChI is InChI=1S/C22H27N3OS/c1-4-23-16(2)15-24-21(26)22(3,17-10-6-5-7-11-17)14-20-25-18-12-8-9-13-19(18)27-20/h5-13,16,23H,4,14-15H2,1-3H3,(H,24,26)/t16-,22?/m1/s1. The number of benzene rings is 2. The van der Waals surface area contributed by atoms with Gasteiger partial charge < -0.3 is 10.6 Å². The van der Waals surface area contributed by atoms with E-state index in [1.807, 2.05) is 55.5 Å². The van der Waals surface area contributed by atoms with Gasteiger partial charge >= 0.3 is 0 Å². The van der Waals surface area contributed by atoms with E-state index in [-0.39, 0.29) is 11.9 Å². The third-order valence-corrected chi connectivity index (χ3v) is 5.91. The zero-order chi connectivity index (χ0) is 19.3. The van der Waals surface area contributed by atoms with Crippen molar-refractivity contribution in [2.75, 3.05) is 13.1 Å². The van der Waals surface area contributed by atoms with Crippen molar-refractivity contribution >= 4 is 27.5 Å². The van der Waals surface area contributed by atoms with Crippen LogP contribution in [0.5, 0.6) is 0 Å². The quantitative estimate of drug-likeness (QED) is 0.622. The Morgan fingerprint density at radius 3 is 2.56 bits per heavy atom. The number of hydrogen-bond donors (Lipinski definition) is 2. The number of thiazole rings is 1. The summed E-state index contributed by atoms with van der Waals surface area (Å²) in [7, 11) is 0. The van der Waals surface area contributed by atoms with Gasteiger partial charge in [0.05, 0.1) is 20.6 Å². The van der Waals surface area contributed by atoms with Gasteiger partial charge in [0, 0.05) is 19.0 Å². The first kappa shape index (κ1) is 19.5. The van der Waals surface area contributed by atoms with E-state index in [4.69, 9.17) is 4.98 Å². The number of amides is 1. The maximum Gasteiger partial charge on any atom is 0.230 e. The van der Waals surface area contributed by atoms with Crippen LogP contribution in [0.1, 0.15) is 31.3 Å². The van der Waals surface area contributed by atoms with E-state index in [1.165, 1.54) is 0 Å². The largest absolute Gasteiger partial charge is 0.354 e. The summed E-state index contributed by atoms with van der Waals surface area (Å²) in [6, 6.07) is 18.4. The third-order valence-electron chi connectivity index (χ3n) is 4.88. The van der Waals surface area contributed by atoms with Crippen LogP contribution in [0.15, 0.2) is 54.6 Å². The first-order chi connectivity index (χ1) is 13.0. The summed E-state index contributed by atoms with van der Waals surface area (Å²) < 4.78 is 1.16. The number of aromatic nitrogens is 1. The zero-order valence-corrected chi connectivity index (χ0v) is 17.0. The van der Waals surface area contributed by atoms with Crippen LogP contribution in [-0.4, -0.2) is 30.0 Å². The highest BCUT2D eigenvalue weighted by Crippen LogP contribution is 2.32. The molecule has 1 amide bonds. The third kappa shape index (κ3) is 4.54. The summed E-state index contributed by atoms with van der Waals surface area (Å²) in [4.78, 5) is 18.0. The number of nitrogens with one attached hydrogen (secondary N) is 2. The van der Waals surface area contributed by atoms with Gasteiger partial charge in [-0.05, 0) is 38.1 Å². The Morgan fingerprint density at radius 2 is 1.85 bits per heavy atom. The monoisotopic (exact) mass is 381 g/mol. The number of hydrogen-bond acceptors (Lipinski definition) is 4. The molecule has 1 unspecified atom stereocenters. The van der Waals surface area contributed by atoms with Gasteiger partial charge in [-0.2, -0.15) is 0 Å². The Labute approximate surface area is 165 Å². The first-order valence-corrected chi connectivity index (χ1v) is 10.3. The summed E-state index contributed by atoms with van der Waals surface area (Å²) in [6.45, 7) is 7.66. The van der Waals surface area contributed by atoms with Crippen LogP contribution in [0.4, 0.5) is 0 Å². The number of fused-ring (bicyclic) bond motifs is 1. The molecule has 5 heteroatoms. The molecule has 2 aromatic carbocycles. The van der Waals surface area contributed by atoms with Gasteiger partial charge in [0.25, 0.3) is 0 Å². The first-order valence-electron chi connectivity index (χ1n) is 9.44. The van der Waals surface area contributed by atoms with Crippen LogP contribution in [0, 0.1) is 0 Å². The highest BCUT2D eigenvalue weighted by Gasteiger charge is 2.36. The molecule has 142 valence electrons. The molecule has 0 bridgehead atoms. The fourth-order valence-electron chi connectivity index (χ4n) is 3.28. The molecule has 0 radical (unpaired) electrons. The van der Waals surface area contributed by atoms with Crippen molar-refractivity contribution in [1.29, 1.82) is 0 Å².